The Morgan fingerprint density at radius 3 is 2.41 bits per heavy atom. The molecule has 0 atom stereocenters. The van der Waals surface area contributed by atoms with Crippen molar-refractivity contribution in [1.29, 1.82) is 5.26 Å². The molecule has 0 aromatic heterocycles. The molecule has 0 bridgehead atoms. The maximum absolute atomic E-state index is 12.6. The number of piperazine rings is 1. The molecular formula is C14H14F3N3O2. The summed E-state index contributed by atoms with van der Waals surface area (Å²) < 4.78 is 37.9. The predicted molar refractivity (Wildman–Crippen MR) is 71.0 cm³/mol. The minimum atomic E-state index is -4.47. The van der Waals surface area contributed by atoms with Crippen LogP contribution < -0.4 is 0 Å². The number of amides is 1. The normalized spacial score (nSPS) is 16.4. The van der Waals surface area contributed by atoms with Crippen molar-refractivity contribution in [1.82, 2.24) is 9.80 Å². The molecule has 2 rings (SSSR count). The molecule has 1 N–H and O–H groups in total. The molecule has 0 radical (unpaired) electrons. The Balaban J connectivity index is 2.08. The molecule has 1 aromatic carbocycles. The smallest absolute Gasteiger partial charge is 0.416 e. The summed E-state index contributed by atoms with van der Waals surface area (Å²) in [7, 11) is 0. The minimum Gasteiger partial charge on any atom is -0.465 e. The average molecular weight is 313 g/mol. The van der Waals surface area contributed by atoms with Crippen molar-refractivity contribution in [3.8, 4) is 6.07 Å². The van der Waals surface area contributed by atoms with Gasteiger partial charge in [0.15, 0.2) is 0 Å². The maximum atomic E-state index is 12.6. The Bertz CT molecular complexity index is 602. The third-order valence-corrected chi connectivity index (χ3v) is 3.59. The van der Waals surface area contributed by atoms with Gasteiger partial charge >= 0.3 is 12.3 Å². The van der Waals surface area contributed by atoms with Gasteiger partial charge in [0.25, 0.3) is 0 Å². The van der Waals surface area contributed by atoms with Crippen molar-refractivity contribution in [3.63, 3.8) is 0 Å². The van der Waals surface area contributed by atoms with E-state index >= 15 is 0 Å². The summed E-state index contributed by atoms with van der Waals surface area (Å²) in [6.07, 6.45) is -5.45. The standard InChI is InChI=1S/C14H14F3N3O2/c15-14(16,17)12-2-1-10(11(7-12)8-18)9-19-3-5-20(6-4-19)13(21)22/h1-2,7H,3-6,9H2,(H,21,22). The number of nitriles is 1. The van der Waals surface area contributed by atoms with E-state index in [-0.39, 0.29) is 5.56 Å². The van der Waals surface area contributed by atoms with Crippen LogP contribution in [0.4, 0.5) is 18.0 Å². The first-order valence-corrected chi connectivity index (χ1v) is 6.61. The number of rotatable bonds is 2. The minimum absolute atomic E-state index is 0.00418. The molecule has 1 heterocycles. The molecule has 1 fully saturated rings. The highest BCUT2D eigenvalue weighted by Crippen LogP contribution is 2.30. The first-order valence-electron chi connectivity index (χ1n) is 6.61. The van der Waals surface area contributed by atoms with E-state index in [0.717, 1.165) is 12.1 Å². The van der Waals surface area contributed by atoms with Gasteiger partial charge in [-0.15, -0.1) is 0 Å². The van der Waals surface area contributed by atoms with Gasteiger partial charge in [-0.2, -0.15) is 18.4 Å². The first-order chi connectivity index (χ1) is 10.3. The van der Waals surface area contributed by atoms with E-state index in [1.165, 1.54) is 11.0 Å². The van der Waals surface area contributed by atoms with Crippen LogP contribution >= 0.6 is 0 Å². The molecule has 22 heavy (non-hydrogen) atoms. The monoisotopic (exact) mass is 313 g/mol. The fourth-order valence-electron chi connectivity index (χ4n) is 2.33. The number of benzene rings is 1. The molecule has 8 heteroatoms. The van der Waals surface area contributed by atoms with Crippen molar-refractivity contribution >= 4 is 6.09 Å². The SMILES string of the molecule is N#Cc1cc(C(F)(F)F)ccc1CN1CCN(C(=O)O)CC1. The van der Waals surface area contributed by atoms with Crippen molar-refractivity contribution in [2.24, 2.45) is 0 Å². The number of hydrogen-bond donors (Lipinski definition) is 1. The van der Waals surface area contributed by atoms with Crippen molar-refractivity contribution in [2.45, 2.75) is 12.7 Å². The zero-order valence-electron chi connectivity index (χ0n) is 11.6. The Morgan fingerprint density at radius 2 is 1.91 bits per heavy atom. The van der Waals surface area contributed by atoms with Crippen LogP contribution in [0.3, 0.4) is 0 Å². The quantitative estimate of drug-likeness (QED) is 0.910. The second kappa shape index (κ2) is 6.23. The third-order valence-electron chi connectivity index (χ3n) is 3.59. The Morgan fingerprint density at radius 1 is 1.27 bits per heavy atom. The molecular weight excluding hydrogens is 299 g/mol. The highest BCUT2D eigenvalue weighted by Gasteiger charge is 2.31. The van der Waals surface area contributed by atoms with Crippen LogP contribution in [0.15, 0.2) is 18.2 Å². The van der Waals surface area contributed by atoms with Crippen LogP contribution in [0.25, 0.3) is 0 Å². The first kappa shape index (κ1) is 16.1. The highest BCUT2D eigenvalue weighted by atomic mass is 19.4. The van der Waals surface area contributed by atoms with Crippen LogP contribution in [0, 0.1) is 11.3 Å². The predicted octanol–water partition coefficient (Wildman–Crippen LogP) is 2.37. The second-order valence-electron chi connectivity index (χ2n) is 5.03. The Labute approximate surface area is 125 Å². The highest BCUT2D eigenvalue weighted by molar-refractivity contribution is 5.65. The van der Waals surface area contributed by atoms with Crippen molar-refractivity contribution in [2.75, 3.05) is 26.2 Å². The number of carboxylic acid groups (broad SMARTS) is 1. The van der Waals surface area contributed by atoms with Crippen molar-refractivity contribution in [3.05, 3.63) is 34.9 Å². The summed E-state index contributed by atoms with van der Waals surface area (Å²) in [5, 5.41) is 17.9. The molecule has 118 valence electrons. The van der Waals surface area contributed by atoms with Crippen LogP contribution in [0.5, 0.6) is 0 Å². The molecule has 1 aliphatic heterocycles. The molecule has 5 nitrogen and oxygen atoms in total. The van der Waals surface area contributed by atoms with E-state index in [1.54, 1.807) is 6.07 Å². The maximum Gasteiger partial charge on any atom is 0.416 e. The van der Waals surface area contributed by atoms with Crippen LogP contribution in [0.1, 0.15) is 16.7 Å². The van der Waals surface area contributed by atoms with Gasteiger partial charge in [0.2, 0.25) is 0 Å². The van der Waals surface area contributed by atoms with E-state index in [4.69, 9.17) is 10.4 Å². The molecule has 0 unspecified atom stereocenters. The number of nitrogens with zero attached hydrogens (tertiary/aromatic N) is 3. The molecule has 1 aliphatic rings. The number of carbonyl (C=O) groups is 1. The van der Waals surface area contributed by atoms with Gasteiger partial charge in [0.05, 0.1) is 17.2 Å². The van der Waals surface area contributed by atoms with E-state index in [0.29, 0.717) is 38.3 Å². The fraction of sp³-hybridized carbons (Fsp3) is 0.429. The van der Waals surface area contributed by atoms with Crippen molar-refractivity contribution < 1.29 is 23.1 Å². The Kier molecular flexibility index (Phi) is 4.56. The summed E-state index contributed by atoms with van der Waals surface area (Å²) >= 11 is 0. The molecule has 1 aromatic rings. The van der Waals surface area contributed by atoms with Gasteiger partial charge in [0.1, 0.15) is 0 Å². The lowest BCUT2D eigenvalue weighted by molar-refractivity contribution is -0.137. The second-order valence-corrected chi connectivity index (χ2v) is 5.03. The van der Waals surface area contributed by atoms with Gasteiger partial charge in [-0.1, -0.05) is 6.07 Å². The van der Waals surface area contributed by atoms with Crippen LogP contribution in [0.2, 0.25) is 0 Å². The molecule has 0 aliphatic carbocycles. The van der Waals surface area contributed by atoms with E-state index in [1.807, 2.05) is 4.90 Å². The summed E-state index contributed by atoms with van der Waals surface area (Å²) in [6.45, 7) is 1.99. The van der Waals surface area contributed by atoms with Gasteiger partial charge in [-0.25, -0.2) is 4.79 Å². The van der Waals surface area contributed by atoms with E-state index < -0.39 is 17.8 Å². The summed E-state index contributed by atoms with van der Waals surface area (Å²) in [5.41, 5.74) is -0.335. The lowest BCUT2D eigenvalue weighted by Gasteiger charge is -2.33. The van der Waals surface area contributed by atoms with Gasteiger partial charge in [-0.3, -0.25) is 4.90 Å². The van der Waals surface area contributed by atoms with E-state index in [9.17, 15) is 18.0 Å². The number of hydrogen-bond acceptors (Lipinski definition) is 3. The molecule has 1 saturated heterocycles. The lowest BCUT2D eigenvalue weighted by Crippen LogP contribution is -2.47. The Hall–Kier alpha value is -2.27. The van der Waals surface area contributed by atoms with Gasteiger partial charge in [-0.05, 0) is 17.7 Å². The lowest BCUT2D eigenvalue weighted by atomic mass is 10.0. The summed E-state index contributed by atoms with van der Waals surface area (Å²) in [5.74, 6) is 0. The largest absolute Gasteiger partial charge is 0.465 e. The molecule has 1 amide bonds. The molecule has 0 saturated carbocycles. The van der Waals surface area contributed by atoms with Gasteiger partial charge in [0, 0.05) is 32.7 Å². The van der Waals surface area contributed by atoms with Crippen LogP contribution in [-0.4, -0.2) is 47.2 Å². The zero-order chi connectivity index (χ0) is 16.3. The molecule has 0 spiro atoms. The average Bonchev–Trinajstić information content (AvgIpc) is 2.47. The number of alkyl halides is 3. The van der Waals surface area contributed by atoms with Gasteiger partial charge < -0.3 is 10.0 Å². The topological polar surface area (TPSA) is 67.6 Å². The van der Waals surface area contributed by atoms with Crippen LogP contribution in [-0.2, 0) is 12.7 Å². The summed E-state index contributed by atoms with van der Waals surface area (Å²) in [4.78, 5) is 14.0. The zero-order valence-corrected chi connectivity index (χ0v) is 11.6. The fourth-order valence-corrected chi connectivity index (χ4v) is 2.33. The third kappa shape index (κ3) is 3.68. The summed E-state index contributed by atoms with van der Waals surface area (Å²) in [6, 6.07) is 4.92. The number of halogens is 3. The van der Waals surface area contributed by atoms with E-state index in [2.05, 4.69) is 0 Å².